The molecule has 2 N–H and O–H groups in total. The Kier molecular flexibility index (Phi) is 5.38. The Morgan fingerprint density at radius 2 is 1.50 bits per heavy atom. The van der Waals surface area contributed by atoms with Gasteiger partial charge in [-0.3, -0.25) is 19.3 Å². The summed E-state index contributed by atoms with van der Waals surface area (Å²) >= 11 is 0. The maximum atomic E-state index is 12.5. The summed E-state index contributed by atoms with van der Waals surface area (Å²) in [5.74, 6) is 0.0516. The quantitative estimate of drug-likeness (QED) is 0.770. The third-order valence-corrected chi connectivity index (χ3v) is 5.65. The van der Waals surface area contributed by atoms with Crippen molar-refractivity contribution in [1.29, 1.82) is 0 Å². The fraction of sp³-hybridized carbons (Fsp3) is 0.824. The molecule has 24 heavy (non-hydrogen) atoms. The molecule has 3 amide bonds. The van der Waals surface area contributed by atoms with E-state index in [4.69, 9.17) is 5.73 Å². The topological polar surface area (TPSA) is 87.0 Å². The van der Waals surface area contributed by atoms with Gasteiger partial charge >= 0.3 is 0 Å². The van der Waals surface area contributed by atoms with Crippen molar-refractivity contribution in [2.24, 2.45) is 11.7 Å². The second kappa shape index (κ2) is 7.51. The molecule has 3 fully saturated rings. The van der Waals surface area contributed by atoms with E-state index in [1.807, 2.05) is 14.7 Å². The molecule has 0 aliphatic carbocycles. The third-order valence-electron chi connectivity index (χ3n) is 5.65. The number of hydrogen-bond acceptors (Lipinski definition) is 4. The SMILES string of the molecule is NC(=O)C1CCCN1CC(=O)N1CCC(C(=O)N2CCCC2)CC1. The van der Waals surface area contributed by atoms with Gasteiger partial charge in [-0.25, -0.2) is 0 Å². The molecule has 3 aliphatic heterocycles. The number of rotatable bonds is 4. The first-order chi connectivity index (χ1) is 11.6. The van der Waals surface area contributed by atoms with E-state index < -0.39 is 0 Å². The summed E-state index contributed by atoms with van der Waals surface area (Å²) in [6.07, 6.45) is 5.38. The van der Waals surface area contributed by atoms with Crippen LogP contribution in [0.1, 0.15) is 38.5 Å². The van der Waals surface area contributed by atoms with Crippen molar-refractivity contribution in [1.82, 2.24) is 14.7 Å². The van der Waals surface area contributed by atoms with Crippen LogP contribution in [0.2, 0.25) is 0 Å². The van der Waals surface area contributed by atoms with Crippen LogP contribution in [0.25, 0.3) is 0 Å². The molecule has 134 valence electrons. The largest absolute Gasteiger partial charge is 0.368 e. The average Bonchev–Trinajstić information content (AvgIpc) is 3.26. The molecule has 0 radical (unpaired) electrons. The molecule has 3 aliphatic rings. The molecule has 3 saturated heterocycles. The van der Waals surface area contributed by atoms with Crippen LogP contribution in [0.3, 0.4) is 0 Å². The van der Waals surface area contributed by atoms with Crippen molar-refractivity contribution in [2.45, 2.75) is 44.6 Å². The number of hydrogen-bond donors (Lipinski definition) is 1. The highest BCUT2D eigenvalue weighted by Crippen LogP contribution is 2.23. The van der Waals surface area contributed by atoms with Crippen molar-refractivity contribution in [2.75, 3.05) is 39.3 Å². The average molecular weight is 336 g/mol. The van der Waals surface area contributed by atoms with Crippen molar-refractivity contribution in [3.05, 3.63) is 0 Å². The molecule has 7 nitrogen and oxygen atoms in total. The van der Waals surface area contributed by atoms with Gasteiger partial charge in [0.05, 0.1) is 12.6 Å². The summed E-state index contributed by atoms with van der Waals surface area (Å²) in [7, 11) is 0. The second-order valence-electron chi connectivity index (χ2n) is 7.22. The van der Waals surface area contributed by atoms with Crippen LogP contribution in [0.5, 0.6) is 0 Å². The Hall–Kier alpha value is -1.63. The van der Waals surface area contributed by atoms with Crippen LogP contribution in [0.4, 0.5) is 0 Å². The number of likely N-dealkylation sites (tertiary alicyclic amines) is 3. The van der Waals surface area contributed by atoms with Crippen molar-refractivity contribution in [3.63, 3.8) is 0 Å². The fourth-order valence-electron chi connectivity index (χ4n) is 4.18. The molecule has 0 spiro atoms. The van der Waals surface area contributed by atoms with Gasteiger partial charge in [-0.05, 0) is 45.1 Å². The first-order valence-corrected chi connectivity index (χ1v) is 9.16. The molecular weight excluding hydrogens is 308 g/mol. The number of primary amides is 1. The predicted molar refractivity (Wildman–Crippen MR) is 88.9 cm³/mol. The van der Waals surface area contributed by atoms with Gasteiger partial charge in [0.15, 0.2) is 0 Å². The van der Waals surface area contributed by atoms with Crippen LogP contribution < -0.4 is 5.73 Å². The lowest BCUT2D eigenvalue weighted by Gasteiger charge is -2.34. The van der Waals surface area contributed by atoms with Crippen LogP contribution in [0, 0.1) is 5.92 Å². The number of nitrogens with zero attached hydrogens (tertiary/aromatic N) is 3. The molecule has 3 heterocycles. The summed E-state index contributed by atoms with van der Waals surface area (Å²) in [5.41, 5.74) is 5.41. The van der Waals surface area contributed by atoms with E-state index in [0.29, 0.717) is 13.1 Å². The first-order valence-electron chi connectivity index (χ1n) is 9.16. The molecule has 1 unspecified atom stereocenters. The summed E-state index contributed by atoms with van der Waals surface area (Å²) in [6, 6.07) is -0.303. The maximum absolute atomic E-state index is 12.5. The smallest absolute Gasteiger partial charge is 0.236 e. The summed E-state index contributed by atoms with van der Waals surface area (Å²) in [6.45, 7) is 4.07. The monoisotopic (exact) mass is 336 g/mol. The van der Waals surface area contributed by atoms with E-state index in [-0.39, 0.29) is 36.2 Å². The van der Waals surface area contributed by atoms with Crippen LogP contribution in [0.15, 0.2) is 0 Å². The molecule has 7 heteroatoms. The highest BCUT2D eigenvalue weighted by Gasteiger charge is 2.34. The summed E-state index contributed by atoms with van der Waals surface area (Å²) in [4.78, 5) is 42.1. The Morgan fingerprint density at radius 3 is 2.12 bits per heavy atom. The Labute approximate surface area is 143 Å². The molecule has 0 aromatic carbocycles. The molecule has 0 aromatic heterocycles. The van der Waals surface area contributed by atoms with Crippen LogP contribution in [-0.4, -0.2) is 77.7 Å². The number of carbonyl (C=O) groups is 3. The first kappa shape index (κ1) is 17.2. The zero-order valence-electron chi connectivity index (χ0n) is 14.3. The van der Waals surface area contributed by atoms with Gasteiger partial charge in [-0.2, -0.15) is 0 Å². The van der Waals surface area contributed by atoms with Crippen molar-refractivity contribution < 1.29 is 14.4 Å². The van der Waals surface area contributed by atoms with E-state index in [2.05, 4.69) is 0 Å². The van der Waals surface area contributed by atoms with Crippen molar-refractivity contribution in [3.8, 4) is 0 Å². The minimum absolute atomic E-state index is 0.0511. The van der Waals surface area contributed by atoms with Gasteiger partial charge in [0.25, 0.3) is 0 Å². The third kappa shape index (κ3) is 3.71. The van der Waals surface area contributed by atoms with Gasteiger partial charge in [0.1, 0.15) is 0 Å². The zero-order chi connectivity index (χ0) is 17.1. The molecular formula is C17H28N4O3. The minimum atomic E-state index is -0.338. The number of amides is 3. The van der Waals surface area contributed by atoms with E-state index in [0.717, 1.165) is 58.2 Å². The lowest BCUT2D eigenvalue weighted by Crippen LogP contribution is -2.49. The van der Waals surface area contributed by atoms with E-state index >= 15 is 0 Å². The molecule has 1 atom stereocenters. The highest BCUT2D eigenvalue weighted by atomic mass is 16.2. The Bertz CT molecular complexity index is 496. The lowest BCUT2D eigenvalue weighted by atomic mass is 9.95. The minimum Gasteiger partial charge on any atom is -0.368 e. The molecule has 3 rings (SSSR count). The zero-order valence-corrected chi connectivity index (χ0v) is 14.3. The number of nitrogens with two attached hydrogens (primary N) is 1. The Morgan fingerprint density at radius 1 is 0.833 bits per heavy atom. The molecule has 0 bridgehead atoms. The van der Waals surface area contributed by atoms with Gasteiger partial charge in [0.2, 0.25) is 17.7 Å². The van der Waals surface area contributed by atoms with Crippen molar-refractivity contribution >= 4 is 17.7 Å². The molecule has 0 saturated carbocycles. The summed E-state index contributed by atoms with van der Waals surface area (Å²) < 4.78 is 0. The predicted octanol–water partition coefficient (Wildman–Crippen LogP) is -0.203. The van der Waals surface area contributed by atoms with Gasteiger partial charge < -0.3 is 15.5 Å². The standard InChI is InChI=1S/C17H28N4O3/c18-16(23)14-4-3-9-21(14)12-15(22)19-10-5-13(6-11-19)17(24)20-7-1-2-8-20/h13-14H,1-12H2,(H2,18,23). The van der Waals surface area contributed by atoms with E-state index in [9.17, 15) is 14.4 Å². The summed E-state index contributed by atoms with van der Waals surface area (Å²) in [5, 5.41) is 0. The van der Waals surface area contributed by atoms with Crippen LogP contribution >= 0.6 is 0 Å². The van der Waals surface area contributed by atoms with E-state index in [1.54, 1.807) is 0 Å². The molecule has 0 aromatic rings. The van der Waals surface area contributed by atoms with Gasteiger partial charge in [-0.1, -0.05) is 0 Å². The van der Waals surface area contributed by atoms with E-state index in [1.165, 1.54) is 0 Å². The van der Waals surface area contributed by atoms with Crippen LogP contribution in [-0.2, 0) is 14.4 Å². The number of piperidine rings is 1. The lowest BCUT2D eigenvalue weighted by molar-refractivity contribution is -0.141. The highest BCUT2D eigenvalue weighted by molar-refractivity contribution is 5.83. The Balaban J connectivity index is 1.46. The fourth-order valence-corrected chi connectivity index (χ4v) is 4.18. The van der Waals surface area contributed by atoms with Gasteiger partial charge in [-0.15, -0.1) is 0 Å². The normalized spacial score (nSPS) is 26.1. The number of carbonyl (C=O) groups excluding carboxylic acids is 3. The second-order valence-corrected chi connectivity index (χ2v) is 7.22. The van der Waals surface area contributed by atoms with Gasteiger partial charge in [0, 0.05) is 32.1 Å². The maximum Gasteiger partial charge on any atom is 0.236 e.